The minimum atomic E-state index is -1.43. The average molecular weight is 223 g/mol. The Morgan fingerprint density at radius 1 is 1.44 bits per heavy atom. The first-order chi connectivity index (χ1) is 7.50. The normalized spacial score (nSPS) is 10.5. The van der Waals surface area contributed by atoms with E-state index in [0.717, 1.165) is 12.1 Å². The number of nitro benzene ring substituents is 1. The monoisotopic (exact) mass is 223 g/mol. The van der Waals surface area contributed by atoms with Gasteiger partial charge in [-0.1, -0.05) is 0 Å². The third kappa shape index (κ3) is 1.34. The van der Waals surface area contributed by atoms with Crippen molar-refractivity contribution in [2.24, 2.45) is 0 Å². The van der Waals surface area contributed by atoms with Crippen LogP contribution in [-0.4, -0.2) is 21.1 Å². The van der Waals surface area contributed by atoms with Crippen LogP contribution in [0.2, 0.25) is 0 Å². The third-order valence-electron chi connectivity index (χ3n) is 2.05. The lowest BCUT2D eigenvalue weighted by atomic mass is 10.2. The molecule has 1 aromatic carbocycles. The van der Waals surface area contributed by atoms with E-state index in [1.807, 2.05) is 0 Å². The Morgan fingerprint density at radius 2 is 2.12 bits per heavy atom. The number of benzene rings is 1. The molecular formula is C9H5NO6. The van der Waals surface area contributed by atoms with E-state index < -0.39 is 22.4 Å². The van der Waals surface area contributed by atoms with E-state index in [9.17, 15) is 20.0 Å². The van der Waals surface area contributed by atoms with Gasteiger partial charge in [0.1, 0.15) is 5.58 Å². The van der Waals surface area contributed by atoms with E-state index in [0.29, 0.717) is 0 Å². The van der Waals surface area contributed by atoms with Crippen molar-refractivity contribution in [3.63, 3.8) is 0 Å². The lowest BCUT2D eigenvalue weighted by Gasteiger charge is -1.90. The van der Waals surface area contributed by atoms with Crippen LogP contribution in [0.25, 0.3) is 11.0 Å². The van der Waals surface area contributed by atoms with E-state index in [4.69, 9.17) is 9.52 Å². The molecular weight excluding hydrogens is 218 g/mol. The summed E-state index contributed by atoms with van der Waals surface area (Å²) in [5.74, 6) is -2.59. The van der Waals surface area contributed by atoms with Crippen LogP contribution >= 0.6 is 0 Å². The first-order valence-electron chi connectivity index (χ1n) is 4.14. The Balaban J connectivity index is 2.72. The first-order valence-corrected chi connectivity index (χ1v) is 4.14. The molecule has 0 bridgehead atoms. The molecule has 1 aromatic heterocycles. The van der Waals surface area contributed by atoms with E-state index >= 15 is 0 Å². The standard InChI is InChI=1S/C9H5NO6/c11-7-5-2-1-4(10(14)15)3-6(5)16-8(7)9(12)13/h1-3,11H,(H,12,13). The molecule has 2 aromatic rings. The fraction of sp³-hybridized carbons (Fsp3) is 0. The Kier molecular flexibility index (Phi) is 2.01. The Bertz CT molecular complexity index is 599. The minimum absolute atomic E-state index is 0.0379. The number of hydrogen-bond donors (Lipinski definition) is 2. The second kappa shape index (κ2) is 3.23. The molecule has 0 saturated carbocycles. The van der Waals surface area contributed by atoms with Crippen LogP contribution in [0.5, 0.6) is 5.75 Å². The molecule has 0 radical (unpaired) electrons. The number of furan rings is 1. The van der Waals surface area contributed by atoms with Crippen molar-refractivity contribution in [2.75, 3.05) is 0 Å². The summed E-state index contributed by atoms with van der Waals surface area (Å²) in [6.07, 6.45) is 0. The van der Waals surface area contributed by atoms with Gasteiger partial charge in [0.05, 0.1) is 16.4 Å². The van der Waals surface area contributed by atoms with Gasteiger partial charge in [-0.05, 0) is 6.07 Å². The third-order valence-corrected chi connectivity index (χ3v) is 2.05. The van der Waals surface area contributed by atoms with Crippen molar-refractivity contribution in [2.45, 2.75) is 0 Å². The second-order valence-electron chi connectivity index (χ2n) is 3.02. The lowest BCUT2D eigenvalue weighted by Crippen LogP contribution is -1.92. The highest BCUT2D eigenvalue weighted by Crippen LogP contribution is 2.33. The van der Waals surface area contributed by atoms with Gasteiger partial charge in [-0.2, -0.15) is 0 Å². The molecule has 16 heavy (non-hydrogen) atoms. The Hall–Kier alpha value is -2.57. The van der Waals surface area contributed by atoms with Gasteiger partial charge in [-0.25, -0.2) is 4.79 Å². The number of carboxylic acid groups (broad SMARTS) is 1. The van der Waals surface area contributed by atoms with Crippen LogP contribution in [0.15, 0.2) is 22.6 Å². The van der Waals surface area contributed by atoms with Crippen molar-refractivity contribution < 1.29 is 24.3 Å². The summed E-state index contributed by atoms with van der Waals surface area (Å²) in [5.41, 5.74) is -0.276. The SMILES string of the molecule is O=C(O)c1oc2cc([N+](=O)[O-])ccc2c1O. The van der Waals surface area contributed by atoms with Crippen LogP contribution in [0.3, 0.4) is 0 Å². The molecule has 0 fully saturated rings. The Morgan fingerprint density at radius 3 is 2.69 bits per heavy atom. The highest BCUT2D eigenvalue weighted by Gasteiger charge is 2.20. The number of aromatic carboxylic acids is 1. The number of carbonyl (C=O) groups is 1. The van der Waals surface area contributed by atoms with Crippen molar-refractivity contribution in [3.8, 4) is 5.75 Å². The van der Waals surface area contributed by atoms with Gasteiger partial charge in [0.15, 0.2) is 5.75 Å². The highest BCUT2D eigenvalue weighted by atomic mass is 16.6. The molecule has 0 spiro atoms. The molecule has 7 heteroatoms. The van der Waals surface area contributed by atoms with Crippen molar-refractivity contribution >= 4 is 22.6 Å². The molecule has 1 heterocycles. The van der Waals surface area contributed by atoms with Crippen molar-refractivity contribution in [3.05, 3.63) is 34.1 Å². The number of fused-ring (bicyclic) bond motifs is 1. The summed E-state index contributed by atoms with van der Waals surface area (Å²) in [5, 5.41) is 28.7. The number of aromatic hydroxyl groups is 1. The molecule has 2 N–H and O–H groups in total. The largest absolute Gasteiger partial charge is 0.504 e. The van der Waals surface area contributed by atoms with Gasteiger partial charge in [0, 0.05) is 6.07 Å². The first kappa shape index (κ1) is 9.97. The van der Waals surface area contributed by atoms with Crippen LogP contribution in [0.4, 0.5) is 5.69 Å². The van der Waals surface area contributed by atoms with Gasteiger partial charge in [0.2, 0.25) is 0 Å². The number of nitrogens with zero attached hydrogens (tertiary/aromatic N) is 1. The maximum atomic E-state index is 10.6. The molecule has 0 aliphatic heterocycles. The second-order valence-corrected chi connectivity index (χ2v) is 3.02. The van der Waals surface area contributed by atoms with Crippen LogP contribution in [0, 0.1) is 10.1 Å². The van der Waals surface area contributed by atoms with Gasteiger partial charge >= 0.3 is 5.97 Å². The zero-order valence-corrected chi connectivity index (χ0v) is 7.71. The average Bonchev–Trinajstić information content (AvgIpc) is 2.55. The minimum Gasteiger partial charge on any atom is -0.504 e. The lowest BCUT2D eigenvalue weighted by molar-refractivity contribution is -0.384. The maximum Gasteiger partial charge on any atom is 0.375 e. The molecule has 0 aliphatic rings. The quantitative estimate of drug-likeness (QED) is 0.592. The van der Waals surface area contributed by atoms with Gasteiger partial charge in [-0.3, -0.25) is 10.1 Å². The fourth-order valence-corrected chi connectivity index (χ4v) is 1.33. The predicted molar refractivity (Wildman–Crippen MR) is 51.5 cm³/mol. The van der Waals surface area contributed by atoms with Crippen molar-refractivity contribution in [1.82, 2.24) is 0 Å². The van der Waals surface area contributed by atoms with Gasteiger partial charge < -0.3 is 14.6 Å². The molecule has 0 unspecified atom stereocenters. The maximum absolute atomic E-state index is 10.6. The molecule has 2 rings (SSSR count). The fourth-order valence-electron chi connectivity index (χ4n) is 1.33. The summed E-state index contributed by atoms with van der Waals surface area (Å²) >= 11 is 0. The number of non-ortho nitro benzene ring substituents is 1. The summed E-state index contributed by atoms with van der Waals surface area (Å²) < 4.78 is 4.80. The summed E-state index contributed by atoms with van der Waals surface area (Å²) in [4.78, 5) is 20.4. The van der Waals surface area contributed by atoms with Crippen LogP contribution < -0.4 is 0 Å². The van der Waals surface area contributed by atoms with Crippen LogP contribution in [0.1, 0.15) is 10.6 Å². The Labute approximate surface area is 87.7 Å². The molecule has 0 atom stereocenters. The van der Waals surface area contributed by atoms with E-state index in [1.165, 1.54) is 6.07 Å². The molecule has 0 aliphatic carbocycles. The van der Waals surface area contributed by atoms with Gasteiger partial charge in [-0.15, -0.1) is 0 Å². The number of rotatable bonds is 2. The summed E-state index contributed by atoms with van der Waals surface area (Å²) in [7, 11) is 0. The van der Waals surface area contributed by atoms with Crippen LogP contribution in [-0.2, 0) is 0 Å². The van der Waals surface area contributed by atoms with E-state index in [2.05, 4.69) is 0 Å². The predicted octanol–water partition coefficient (Wildman–Crippen LogP) is 1.74. The number of carboxylic acids is 1. The topological polar surface area (TPSA) is 114 Å². The van der Waals surface area contributed by atoms with E-state index in [1.54, 1.807) is 0 Å². The number of nitro groups is 1. The summed E-state index contributed by atoms with van der Waals surface area (Å²) in [6, 6.07) is 3.45. The number of hydrogen-bond acceptors (Lipinski definition) is 5. The van der Waals surface area contributed by atoms with E-state index in [-0.39, 0.29) is 16.7 Å². The zero-order valence-electron chi connectivity index (χ0n) is 7.71. The highest BCUT2D eigenvalue weighted by molar-refractivity contribution is 5.98. The summed E-state index contributed by atoms with van der Waals surface area (Å²) in [6.45, 7) is 0. The van der Waals surface area contributed by atoms with Crippen molar-refractivity contribution in [1.29, 1.82) is 0 Å². The smallest absolute Gasteiger partial charge is 0.375 e. The van der Waals surface area contributed by atoms with Gasteiger partial charge in [0.25, 0.3) is 11.4 Å². The zero-order chi connectivity index (χ0) is 11.9. The molecule has 7 nitrogen and oxygen atoms in total. The molecule has 82 valence electrons. The molecule has 0 amide bonds. The molecule has 0 saturated heterocycles.